The maximum atomic E-state index is 4.17. The van der Waals surface area contributed by atoms with Gasteiger partial charge in [0.2, 0.25) is 0 Å². The molecule has 0 radical (unpaired) electrons. The number of nitrogens with one attached hydrogen (secondary N) is 1. The van der Waals surface area contributed by atoms with Crippen molar-refractivity contribution in [2.75, 3.05) is 13.1 Å². The Morgan fingerprint density at radius 1 is 1.43 bits per heavy atom. The van der Waals surface area contributed by atoms with E-state index in [0.29, 0.717) is 5.92 Å². The van der Waals surface area contributed by atoms with Gasteiger partial charge in [-0.25, -0.2) is 4.98 Å². The highest BCUT2D eigenvalue weighted by molar-refractivity contribution is 9.10. The van der Waals surface area contributed by atoms with Crippen LogP contribution in [0.15, 0.2) is 17.0 Å². The summed E-state index contributed by atoms with van der Waals surface area (Å²) in [6.07, 6.45) is 3.62. The first-order chi connectivity index (χ1) is 6.84. The van der Waals surface area contributed by atoms with E-state index in [4.69, 9.17) is 0 Å². The normalized spacial score (nSPS) is 17.2. The van der Waals surface area contributed by atoms with E-state index in [9.17, 15) is 0 Å². The minimum Gasteiger partial charge on any atom is -0.315 e. The van der Waals surface area contributed by atoms with Crippen LogP contribution in [0.4, 0.5) is 0 Å². The Balaban J connectivity index is 2.18. The Morgan fingerprint density at radius 3 is 3.00 bits per heavy atom. The number of hydrogen-bond acceptors (Lipinski definition) is 4. The van der Waals surface area contributed by atoms with Crippen LogP contribution in [0, 0.1) is 0 Å². The molecule has 1 fully saturated rings. The van der Waals surface area contributed by atoms with E-state index in [1.807, 2.05) is 10.6 Å². The lowest BCUT2D eigenvalue weighted by Gasteiger charge is -2.25. The quantitative estimate of drug-likeness (QED) is 0.808. The molecule has 0 aromatic carbocycles. The molecule has 0 spiro atoms. The van der Waals surface area contributed by atoms with Crippen molar-refractivity contribution < 1.29 is 0 Å². The summed E-state index contributed by atoms with van der Waals surface area (Å²) in [7, 11) is 0. The van der Waals surface area contributed by atoms with Gasteiger partial charge in [-0.3, -0.25) is 4.40 Å². The van der Waals surface area contributed by atoms with E-state index in [1.54, 1.807) is 6.20 Å². The van der Waals surface area contributed by atoms with E-state index >= 15 is 0 Å². The number of nitrogens with zero attached hydrogens (tertiary/aromatic N) is 4. The van der Waals surface area contributed by atoms with Gasteiger partial charge < -0.3 is 5.32 Å². The summed E-state index contributed by atoms with van der Waals surface area (Å²) in [6.45, 7) is 1.97. The van der Waals surface area contributed by atoms with Crippen molar-refractivity contribution >= 4 is 21.6 Å². The predicted octanol–water partition coefficient (Wildman–Crippen LogP) is 0.574. The van der Waals surface area contributed by atoms with Crippen molar-refractivity contribution in [1.29, 1.82) is 0 Å². The number of aromatic nitrogens is 4. The maximum absolute atomic E-state index is 4.17. The highest BCUT2D eigenvalue weighted by Gasteiger charge is 2.24. The van der Waals surface area contributed by atoms with Crippen molar-refractivity contribution in [3.8, 4) is 0 Å². The average molecular weight is 254 g/mol. The summed E-state index contributed by atoms with van der Waals surface area (Å²) in [5.74, 6) is 1.50. The van der Waals surface area contributed by atoms with E-state index < -0.39 is 0 Å². The van der Waals surface area contributed by atoms with Crippen molar-refractivity contribution in [2.24, 2.45) is 0 Å². The molecule has 2 aromatic heterocycles. The Kier molecular flexibility index (Phi) is 1.78. The van der Waals surface area contributed by atoms with Crippen LogP contribution in [0.5, 0.6) is 0 Å². The molecule has 14 heavy (non-hydrogen) atoms. The molecule has 1 N–H and O–H groups in total. The maximum Gasteiger partial charge on any atom is 0.179 e. The number of hydrogen-bond donors (Lipinski definition) is 1. The fraction of sp³-hybridized carbons (Fsp3) is 0.375. The molecule has 6 heteroatoms. The molecule has 3 heterocycles. The molecule has 2 aromatic rings. The fourth-order valence-electron chi connectivity index (χ4n) is 1.55. The SMILES string of the molecule is Brc1cn2c(C3CNC3)nnc2cn1. The first kappa shape index (κ1) is 8.31. The molecule has 0 amide bonds. The van der Waals surface area contributed by atoms with Crippen molar-refractivity contribution in [3.05, 3.63) is 22.8 Å². The van der Waals surface area contributed by atoms with Crippen LogP contribution >= 0.6 is 15.9 Å². The molecule has 0 bridgehead atoms. The summed E-state index contributed by atoms with van der Waals surface area (Å²) in [5.41, 5.74) is 0.801. The van der Waals surface area contributed by atoms with Gasteiger partial charge in [-0.05, 0) is 15.9 Å². The van der Waals surface area contributed by atoms with Crippen LogP contribution in [0.1, 0.15) is 11.7 Å². The summed E-state index contributed by atoms with van der Waals surface area (Å²) >= 11 is 3.34. The summed E-state index contributed by atoms with van der Waals surface area (Å²) in [4.78, 5) is 4.10. The Labute approximate surface area is 88.7 Å². The van der Waals surface area contributed by atoms with Gasteiger partial charge in [0.15, 0.2) is 5.65 Å². The Hall–Kier alpha value is -1.01. The summed E-state index contributed by atoms with van der Waals surface area (Å²) < 4.78 is 2.79. The third-order valence-corrected chi connectivity index (χ3v) is 2.84. The molecule has 0 atom stereocenters. The number of fused-ring (bicyclic) bond motifs is 1. The lowest BCUT2D eigenvalue weighted by Crippen LogP contribution is -2.40. The molecule has 1 saturated heterocycles. The summed E-state index contributed by atoms with van der Waals surface area (Å²) in [5, 5.41) is 11.5. The van der Waals surface area contributed by atoms with Gasteiger partial charge >= 0.3 is 0 Å². The van der Waals surface area contributed by atoms with Gasteiger partial charge in [0.25, 0.3) is 0 Å². The van der Waals surface area contributed by atoms with Crippen LogP contribution < -0.4 is 5.32 Å². The molecule has 0 unspecified atom stereocenters. The minimum atomic E-state index is 0.485. The van der Waals surface area contributed by atoms with Crippen molar-refractivity contribution in [1.82, 2.24) is 24.9 Å². The van der Waals surface area contributed by atoms with Gasteiger partial charge in [-0.1, -0.05) is 0 Å². The van der Waals surface area contributed by atoms with Crippen LogP contribution in [0.2, 0.25) is 0 Å². The van der Waals surface area contributed by atoms with E-state index in [0.717, 1.165) is 29.2 Å². The highest BCUT2D eigenvalue weighted by atomic mass is 79.9. The highest BCUT2D eigenvalue weighted by Crippen LogP contribution is 2.19. The van der Waals surface area contributed by atoms with E-state index in [-0.39, 0.29) is 0 Å². The zero-order chi connectivity index (χ0) is 9.54. The fourth-order valence-corrected chi connectivity index (χ4v) is 1.85. The number of halogens is 1. The number of rotatable bonds is 1. The summed E-state index contributed by atoms with van der Waals surface area (Å²) in [6, 6.07) is 0. The molecule has 0 saturated carbocycles. The van der Waals surface area contributed by atoms with Crippen LogP contribution in [0.3, 0.4) is 0 Å². The molecule has 1 aliphatic rings. The molecule has 0 aliphatic carbocycles. The largest absolute Gasteiger partial charge is 0.315 e. The zero-order valence-corrected chi connectivity index (χ0v) is 8.90. The third-order valence-electron chi connectivity index (χ3n) is 2.43. The Morgan fingerprint density at radius 2 is 2.29 bits per heavy atom. The van der Waals surface area contributed by atoms with Gasteiger partial charge in [-0.15, -0.1) is 10.2 Å². The second-order valence-electron chi connectivity index (χ2n) is 3.35. The minimum absolute atomic E-state index is 0.485. The topological polar surface area (TPSA) is 55.1 Å². The Bertz CT molecular complexity index is 476. The van der Waals surface area contributed by atoms with E-state index in [2.05, 4.69) is 36.4 Å². The van der Waals surface area contributed by atoms with Gasteiger partial charge in [-0.2, -0.15) is 0 Å². The second kappa shape index (κ2) is 2.99. The molecule has 5 nitrogen and oxygen atoms in total. The van der Waals surface area contributed by atoms with Gasteiger partial charge in [0.1, 0.15) is 10.4 Å². The zero-order valence-electron chi connectivity index (χ0n) is 7.31. The van der Waals surface area contributed by atoms with Crippen molar-refractivity contribution in [3.63, 3.8) is 0 Å². The first-order valence-corrected chi connectivity index (χ1v) is 5.21. The standard InChI is InChI=1S/C8H8BrN5/c9-6-4-14-7(3-11-6)12-13-8(14)5-1-10-2-5/h3-5,10H,1-2H2. The molecular formula is C8H8BrN5. The smallest absolute Gasteiger partial charge is 0.179 e. The van der Waals surface area contributed by atoms with Crippen LogP contribution in [0.25, 0.3) is 5.65 Å². The van der Waals surface area contributed by atoms with Crippen LogP contribution in [-0.4, -0.2) is 32.7 Å². The monoisotopic (exact) mass is 253 g/mol. The van der Waals surface area contributed by atoms with Gasteiger partial charge in [0, 0.05) is 25.2 Å². The molecule has 1 aliphatic heterocycles. The van der Waals surface area contributed by atoms with E-state index in [1.165, 1.54) is 0 Å². The molecule has 3 rings (SSSR count). The second-order valence-corrected chi connectivity index (χ2v) is 4.16. The van der Waals surface area contributed by atoms with Gasteiger partial charge in [0.05, 0.1) is 6.20 Å². The van der Waals surface area contributed by atoms with Crippen molar-refractivity contribution in [2.45, 2.75) is 5.92 Å². The average Bonchev–Trinajstić information content (AvgIpc) is 2.46. The molecule has 72 valence electrons. The predicted molar refractivity (Wildman–Crippen MR) is 54.1 cm³/mol. The third kappa shape index (κ3) is 1.14. The first-order valence-electron chi connectivity index (χ1n) is 4.41. The lowest BCUT2D eigenvalue weighted by molar-refractivity contribution is 0.427. The van der Waals surface area contributed by atoms with Crippen LogP contribution in [-0.2, 0) is 0 Å². The molecular weight excluding hydrogens is 246 g/mol. The lowest BCUT2D eigenvalue weighted by atomic mass is 10.0.